The molecule has 2 nitrogen and oxygen atoms in total. The molecule has 0 aromatic heterocycles. The maximum Gasteiger partial charge on any atom is 0.345 e. The molecule has 0 radical (unpaired) electrons. The molecule has 0 spiro atoms. The van der Waals surface area contributed by atoms with Gasteiger partial charge in [-0.15, -0.1) is 0 Å². The Bertz CT molecular complexity index is 255. The topological polar surface area (TPSA) is 18.5 Å². The van der Waals surface area contributed by atoms with Gasteiger partial charge < -0.3 is 8.85 Å². The average Bonchev–Trinajstić information content (AvgIpc) is 3.03. The summed E-state index contributed by atoms with van der Waals surface area (Å²) in [7, 11) is -1.98. The molecule has 0 aromatic rings. The van der Waals surface area contributed by atoms with Crippen LogP contribution in [0.5, 0.6) is 0 Å². The van der Waals surface area contributed by atoms with Crippen LogP contribution < -0.4 is 0 Å². The first kappa shape index (κ1) is 13.6. The lowest BCUT2D eigenvalue weighted by atomic mass is 10.4. The predicted molar refractivity (Wildman–Crippen MR) is 73.3 cm³/mol. The van der Waals surface area contributed by atoms with Gasteiger partial charge in [0, 0.05) is 23.3 Å². The third kappa shape index (κ3) is 2.61. The molecular weight excluding hydrogens is 228 g/mol. The maximum atomic E-state index is 6.45. The van der Waals surface area contributed by atoms with Crippen molar-refractivity contribution in [1.82, 2.24) is 0 Å². The molecule has 0 N–H and O–H groups in total. The van der Waals surface area contributed by atoms with E-state index in [0.29, 0.717) is 12.2 Å². The Balaban J connectivity index is 2.18. The van der Waals surface area contributed by atoms with E-state index in [1.807, 2.05) is 0 Å². The summed E-state index contributed by atoms with van der Waals surface area (Å²) in [6, 6.07) is 0. The van der Waals surface area contributed by atoms with Crippen LogP contribution in [0.3, 0.4) is 0 Å². The molecule has 0 saturated heterocycles. The minimum atomic E-state index is -1.98. The van der Waals surface area contributed by atoms with Crippen LogP contribution in [-0.2, 0) is 8.85 Å². The minimum Gasteiger partial charge on any atom is -0.391 e. The van der Waals surface area contributed by atoms with Gasteiger partial charge in [0.05, 0.1) is 0 Å². The van der Waals surface area contributed by atoms with Crippen LogP contribution in [0.15, 0.2) is 0 Å². The predicted octanol–water partition coefficient (Wildman–Crippen LogP) is 4.10. The van der Waals surface area contributed by atoms with E-state index >= 15 is 0 Å². The van der Waals surface area contributed by atoms with Crippen LogP contribution in [0.4, 0.5) is 0 Å². The number of hydrogen-bond donors (Lipinski definition) is 0. The van der Waals surface area contributed by atoms with Gasteiger partial charge in [-0.25, -0.2) is 0 Å². The smallest absolute Gasteiger partial charge is 0.345 e. The van der Waals surface area contributed by atoms with Crippen LogP contribution >= 0.6 is 0 Å². The summed E-state index contributed by atoms with van der Waals surface area (Å²) in [5, 5.41) is 0. The SMILES string of the molecule is CC(C)O[Si](OC(C)C)(C1CC1)C1C(C)C1C. The molecule has 2 atom stereocenters. The Kier molecular flexibility index (Phi) is 3.73. The Morgan fingerprint density at radius 3 is 1.53 bits per heavy atom. The van der Waals surface area contributed by atoms with Crippen molar-refractivity contribution < 1.29 is 8.85 Å². The second-order valence-electron chi connectivity index (χ2n) is 6.57. The first-order chi connectivity index (χ1) is 7.88. The van der Waals surface area contributed by atoms with E-state index in [2.05, 4.69) is 41.5 Å². The van der Waals surface area contributed by atoms with Crippen molar-refractivity contribution in [3.63, 3.8) is 0 Å². The van der Waals surface area contributed by atoms with E-state index in [-0.39, 0.29) is 0 Å². The largest absolute Gasteiger partial charge is 0.391 e. The molecule has 2 aliphatic carbocycles. The number of rotatable bonds is 6. The molecule has 2 rings (SSSR count). The molecule has 2 unspecified atom stereocenters. The summed E-state index contributed by atoms with van der Waals surface area (Å²) in [5.74, 6) is 1.61. The average molecular weight is 256 g/mol. The standard InChI is InChI=1S/C14H28O2Si/c1-9(2)15-17(13-7-8-13,16-10(3)4)14-11(5)12(14)6/h9-14H,7-8H2,1-6H3. The second-order valence-corrected chi connectivity index (χ2v) is 9.97. The highest BCUT2D eigenvalue weighted by Crippen LogP contribution is 2.65. The highest BCUT2D eigenvalue weighted by atomic mass is 28.4. The van der Waals surface area contributed by atoms with Crippen molar-refractivity contribution in [2.75, 3.05) is 0 Å². The first-order valence-electron chi connectivity index (χ1n) is 7.24. The second kappa shape index (κ2) is 4.67. The van der Waals surface area contributed by atoms with E-state index in [9.17, 15) is 0 Å². The monoisotopic (exact) mass is 256 g/mol. The van der Waals surface area contributed by atoms with Gasteiger partial charge in [0.15, 0.2) is 0 Å². The summed E-state index contributed by atoms with van der Waals surface area (Å²) >= 11 is 0. The van der Waals surface area contributed by atoms with Gasteiger partial charge in [-0.3, -0.25) is 0 Å². The summed E-state index contributed by atoms with van der Waals surface area (Å²) in [5.41, 5.74) is 1.50. The maximum absolute atomic E-state index is 6.45. The fourth-order valence-electron chi connectivity index (χ4n) is 3.27. The molecular formula is C14H28O2Si. The number of hydrogen-bond acceptors (Lipinski definition) is 2. The molecule has 0 aromatic carbocycles. The van der Waals surface area contributed by atoms with Crippen molar-refractivity contribution in [3.8, 4) is 0 Å². The molecule has 17 heavy (non-hydrogen) atoms. The van der Waals surface area contributed by atoms with Gasteiger partial charge in [-0.2, -0.15) is 0 Å². The summed E-state index contributed by atoms with van der Waals surface area (Å²) in [4.78, 5) is 0. The van der Waals surface area contributed by atoms with Gasteiger partial charge in [-0.05, 0) is 52.4 Å². The van der Waals surface area contributed by atoms with Gasteiger partial charge >= 0.3 is 8.56 Å². The molecule has 3 heteroatoms. The van der Waals surface area contributed by atoms with E-state index in [1.54, 1.807) is 0 Å². The third-order valence-corrected chi connectivity index (χ3v) is 9.65. The fraction of sp³-hybridized carbons (Fsp3) is 1.00. The van der Waals surface area contributed by atoms with Crippen LogP contribution in [0.1, 0.15) is 54.4 Å². The Morgan fingerprint density at radius 2 is 1.29 bits per heavy atom. The Morgan fingerprint density at radius 1 is 0.882 bits per heavy atom. The Labute approximate surface area is 107 Å². The molecule has 0 heterocycles. The molecule has 100 valence electrons. The highest BCUT2D eigenvalue weighted by Gasteiger charge is 2.67. The van der Waals surface area contributed by atoms with Crippen molar-refractivity contribution >= 4 is 8.56 Å². The zero-order valence-electron chi connectivity index (χ0n) is 12.2. The fourth-order valence-corrected chi connectivity index (χ4v) is 8.97. The lowest BCUT2D eigenvalue weighted by molar-refractivity contribution is 0.0998. The van der Waals surface area contributed by atoms with E-state index < -0.39 is 8.56 Å². The van der Waals surface area contributed by atoms with Crippen LogP contribution in [0.2, 0.25) is 11.1 Å². The van der Waals surface area contributed by atoms with Gasteiger partial charge in [-0.1, -0.05) is 13.8 Å². The van der Waals surface area contributed by atoms with Crippen molar-refractivity contribution in [2.24, 2.45) is 11.8 Å². The lowest BCUT2D eigenvalue weighted by Crippen LogP contribution is -2.48. The van der Waals surface area contributed by atoms with Crippen molar-refractivity contribution in [2.45, 2.75) is 77.7 Å². The van der Waals surface area contributed by atoms with Crippen molar-refractivity contribution in [3.05, 3.63) is 0 Å². The minimum absolute atomic E-state index is 0.306. The zero-order chi connectivity index (χ0) is 12.8. The van der Waals surface area contributed by atoms with E-state index in [4.69, 9.17) is 8.85 Å². The Hall–Kier alpha value is 0.137. The molecule has 2 aliphatic rings. The molecule has 0 bridgehead atoms. The van der Waals surface area contributed by atoms with Gasteiger partial charge in [0.1, 0.15) is 0 Å². The van der Waals surface area contributed by atoms with Crippen LogP contribution in [0.25, 0.3) is 0 Å². The molecule has 0 aliphatic heterocycles. The zero-order valence-corrected chi connectivity index (χ0v) is 13.2. The molecule has 2 fully saturated rings. The van der Waals surface area contributed by atoms with Crippen molar-refractivity contribution in [1.29, 1.82) is 0 Å². The van der Waals surface area contributed by atoms with E-state index in [1.165, 1.54) is 12.8 Å². The van der Waals surface area contributed by atoms with E-state index in [0.717, 1.165) is 22.9 Å². The summed E-state index contributed by atoms with van der Waals surface area (Å²) in [6.07, 6.45) is 3.28. The first-order valence-corrected chi connectivity index (χ1v) is 9.21. The molecule has 2 saturated carbocycles. The van der Waals surface area contributed by atoms with Crippen LogP contribution in [-0.4, -0.2) is 20.8 Å². The van der Waals surface area contributed by atoms with Gasteiger partial charge in [0.2, 0.25) is 0 Å². The molecule has 0 amide bonds. The van der Waals surface area contributed by atoms with Crippen LogP contribution in [0, 0.1) is 11.8 Å². The highest BCUT2D eigenvalue weighted by molar-refractivity contribution is 6.72. The third-order valence-electron chi connectivity index (χ3n) is 4.27. The normalized spacial score (nSPS) is 33.5. The lowest BCUT2D eigenvalue weighted by Gasteiger charge is -2.35. The summed E-state index contributed by atoms with van der Waals surface area (Å²) in [6.45, 7) is 13.4. The quantitative estimate of drug-likeness (QED) is 0.666. The van der Waals surface area contributed by atoms with Gasteiger partial charge in [0.25, 0.3) is 0 Å². The summed E-state index contributed by atoms with van der Waals surface area (Å²) < 4.78 is 12.9.